The summed E-state index contributed by atoms with van der Waals surface area (Å²) in [4.78, 5) is 13.8. The van der Waals surface area contributed by atoms with Crippen LogP contribution in [-0.4, -0.2) is 64.4 Å². The van der Waals surface area contributed by atoms with Gasteiger partial charge in [0.05, 0.1) is 18.8 Å². The number of hydrogen-bond donors (Lipinski definition) is 1. The summed E-state index contributed by atoms with van der Waals surface area (Å²) in [6.07, 6.45) is 2.19. The first-order valence-electron chi connectivity index (χ1n) is 10.9. The molecule has 0 aliphatic carbocycles. The van der Waals surface area contributed by atoms with E-state index in [4.69, 9.17) is 10.5 Å². The zero-order valence-corrected chi connectivity index (χ0v) is 18.7. The lowest BCUT2D eigenvalue weighted by molar-refractivity contribution is -0.120. The molecule has 0 unspecified atom stereocenters. The van der Waals surface area contributed by atoms with Crippen LogP contribution in [0.5, 0.6) is 0 Å². The van der Waals surface area contributed by atoms with E-state index in [0.29, 0.717) is 44.6 Å². The molecule has 0 radical (unpaired) electrons. The largest absolute Gasteiger partial charge is 0.370 e. The van der Waals surface area contributed by atoms with Crippen molar-refractivity contribution in [1.82, 2.24) is 18.4 Å². The summed E-state index contributed by atoms with van der Waals surface area (Å²) in [7, 11) is -3.88. The molecule has 0 bridgehead atoms. The lowest BCUT2D eigenvalue weighted by Crippen LogP contribution is -2.48. The number of aromatic nitrogens is 2. The van der Waals surface area contributed by atoms with Crippen LogP contribution in [0.15, 0.2) is 24.4 Å². The third kappa shape index (κ3) is 4.21. The van der Waals surface area contributed by atoms with Crippen molar-refractivity contribution >= 4 is 16.0 Å². The summed E-state index contributed by atoms with van der Waals surface area (Å²) in [5, 5.41) is 4.28. The molecule has 12 heteroatoms. The van der Waals surface area contributed by atoms with E-state index in [-0.39, 0.29) is 30.5 Å². The Kier molecular flexibility index (Phi) is 5.81. The van der Waals surface area contributed by atoms with Crippen LogP contribution < -0.4 is 5.73 Å². The molecule has 1 aromatic heterocycles. The van der Waals surface area contributed by atoms with Crippen molar-refractivity contribution in [1.29, 1.82) is 0 Å². The van der Waals surface area contributed by atoms with E-state index in [2.05, 4.69) is 10.00 Å². The fourth-order valence-corrected chi connectivity index (χ4v) is 6.17. The Morgan fingerprint density at radius 2 is 2.00 bits per heavy atom. The number of ketones is 1. The predicted molar refractivity (Wildman–Crippen MR) is 113 cm³/mol. The third-order valence-corrected chi connectivity index (χ3v) is 8.17. The Morgan fingerprint density at radius 3 is 2.73 bits per heavy atom. The fraction of sp³-hybridized carbons (Fsp3) is 0.524. The number of ether oxygens (including phenoxy) is 1. The molecule has 2 saturated heterocycles. The summed E-state index contributed by atoms with van der Waals surface area (Å²) in [5.74, 6) is -1.20. The van der Waals surface area contributed by atoms with Crippen molar-refractivity contribution < 1.29 is 26.7 Å². The number of halogens is 2. The second-order valence-electron chi connectivity index (χ2n) is 8.84. The molecular weight excluding hydrogens is 456 g/mol. The van der Waals surface area contributed by atoms with Crippen molar-refractivity contribution in [3.63, 3.8) is 0 Å². The highest BCUT2D eigenvalue weighted by Crippen LogP contribution is 2.34. The van der Waals surface area contributed by atoms with Gasteiger partial charge in [-0.2, -0.15) is 21.9 Å². The van der Waals surface area contributed by atoms with Gasteiger partial charge in [0, 0.05) is 55.5 Å². The maximum Gasteiger partial charge on any atom is 0.323 e. The fourth-order valence-electron chi connectivity index (χ4n) is 4.80. The number of rotatable bonds is 4. The topological polar surface area (TPSA) is 111 Å². The Labute approximate surface area is 190 Å². The maximum absolute atomic E-state index is 14.2. The molecule has 33 heavy (non-hydrogen) atoms. The zero-order valence-electron chi connectivity index (χ0n) is 17.9. The minimum atomic E-state index is -3.88. The predicted octanol–water partition coefficient (Wildman–Crippen LogP) is 1.09. The molecule has 1 aromatic carbocycles. The number of carbonyl (C=O) groups excluding carboxylic acids is 1. The number of nitrogens with zero attached hydrogens (tertiary/aromatic N) is 4. The van der Waals surface area contributed by atoms with Gasteiger partial charge < -0.3 is 10.5 Å². The average molecular weight is 482 g/mol. The molecule has 3 atom stereocenters. The molecule has 3 aliphatic rings. The van der Waals surface area contributed by atoms with Crippen molar-refractivity contribution in [2.75, 3.05) is 19.7 Å². The van der Waals surface area contributed by atoms with Gasteiger partial charge in [-0.3, -0.25) is 9.69 Å². The monoisotopic (exact) mass is 481 g/mol. The number of fused-ring (bicyclic) bond motifs is 1. The number of carbonyl (C=O) groups is 1. The van der Waals surface area contributed by atoms with Crippen LogP contribution in [0.4, 0.5) is 8.78 Å². The quantitative estimate of drug-likeness (QED) is 0.696. The van der Waals surface area contributed by atoms with E-state index in [9.17, 15) is 22.0 Å². The molecule has 2 N–H and O–H groups in total. The number of hydrogen-bond acceptors (Lipinski definition) is 7. The van der Waals surface area contributed by atoms with Gasteiger partial charge in [0.1, 0.15) is 23.5 Å². The molecule has 9 nitrogen and oxygen atoms in total. The minimum absolute atomic E-state index is 0.0631. The standard InChI is InChI=1S/C21H25F2N5O4S/c22-14-3-4-18(23)17(6-14)21-19(24)7-15(12-32-21)26-8-13-9-28(25-20(13)11-26)33(30,31)27-5-1-2-16(29)10-27/h3-4,6,9,15,19,21H,1-2,5,7-8,10-12,24H2/t15-,19+,21-/m1/s1. The van der Waals surface area contributed by atoms with Crippen LogP contribution in [0.1, 0.15) is 42.2 Å². The number of piperidine rings is 1. The number of benzene rings is 1. The maximum atomic E-state index is 14.2. The van der Waals surface area contributed by atoms with Crippen LogP contribution in [0.2, 0.25) is 0 Å². The average Bonchev–Trinajstić information content (AvgIpc) is 3.36. The van der Waals surface area contributed by atoms with Crippen LogP contribution in [0.25, 0.3) is 0 Å². The van der Waals surface area contributed by atoms with Gasteiger partial charge in [0.15, 0.2) is 0 Å². The van der Waals surface area contributed by atoms with Crippen molar-refractivity contribution in [2.24, 2.45) is 5.73 Å². The van der Waals surface area contributed by atoms with Gasteiger partial charge in [-0.25, -0.2) is 8.78 Å². The van der Waals surface area contributed by atoms with Gasteiger partial charge in [-0.1, -0.05) is 0 Å². The van der Waals surface area contributed by atoms with E-state index >= 15 is 0 Å². The highest BCUT2D eigenvalue weighted by atomic mass is 32.2. The van der Waals surface area contributed by atoms with Gasteiger partial charge in [0.2, 0.25) is 0 Å². The highest BCUT2D eigenvalue weighted by Gasteiger charge is 2.38. The molecule has 3 aliphatic heterocycles. The van der Waals surface area contributed by atoms with Crippen molar-refractivity contribution in [3.8, 4) is 0 Å². The molecule has 178 valence electrons. The number of nitrogens with two attached hydrogens (primary N) is 1. The van der Waals surface area contributed by atoms with Crippen LogP contribution in [0, 0.1) is 11.6 Å². The Morgan fingerprint density at radius 1 is 1.18 bits per heavy atom. The Hall–Kier alpha value is -2.25. The Bertz CT molecular complexity index is 1160. The summed E-state index contributed by atoms with van der Waals surface area (Å²) in [6, 6.07) is 2.65. The van der Waals surface area contributed by atoms with Gasteiger partial charge in [-0.05, 0) is 31.0 Å². The molecule has 0 spiro atoms. The summed E-state index contributed by atoms with van der Waals surface area (Å²) >= 11 is 0. The zero-order chi connectivity index (χ0) is 23.3. The second-order valence-corrected chi connectivity index (χ2v) is 10.6. The Balaban J connectivity index is 1.25. The number of Topliss-reactive ketones (excluding diaryl/α,β-unsaturated/α-hetero) is 1. The second kappa shape index (κ2) is 8.51. The summed E-state index contributed by atoms with van der Waals surface area (Å²) in [5.41, 5.74) is 7.82. The van der Waals surface area contributed by atoms with Crippen LogP contribution >= 0.6 is 0 Å². The van der Waals surface area contributed by atoms with Gasteiger partial charge >= 0.3 is 10.2 Å². The molecule has 2 aromatic rings. The van der Waals surface area contributed by atoms with Crippen molar-refractivity contribution in [2.45, 2.75) is 50.5 Å². The van der Waals surface area contributed by atoms with E-state index < -0.39 is 34.0 Å². The summed E-state index contributed by atoms with van der Waals surface area (Å²) in [6.45, 7) is 1.37. The smallest absolute Gasteiger partial charge is 0.323 e. The molecular formula is C21H25F2N5O4S. The van der Waals surface area contributed by atoms with Gasteiger partial charge in [-0.15, -0.1) is 0 Å². The summed E-state index contributed by atoms with van der Waals surface area (Å²) < 4.78 is 61.4. The molecule has 5 rings (SSSR count). The van der Waals surface area contributed by atoms with E-state index in [1.807, 2.05) is 0 Å². The van der Waals surface area contributed by atoms with Crippen LogP contribution in [0.3, 0.4) is 0 Å². The normalized spacial score (nSPS) is 27.1. The van der Waals surface area contributed by atoms with E-state index in [0.717, 1.165) is 27.8 Å². The first kappa shape index (κ1) is 22.5. The van der Waals surface area contributed by atoms with E-state index in [1.54, 1.807) is 0 Å². The molecule has 0 saturated carbocycles. The highest BCUT2D eigenvalue weighted by molar-refractivity contribution is 7.87. The lowest BCUT2D eigenvalue weighted by atomic mass is 9.93. The SMILES string of the molecule is N[C@H]1C[C@@H](N2Cc3cn(S(=O)(=O)N4CCCC(=O)C4)nc3C2)CO[C@@H]1c1cc(F)ccc1F. The molecule has 0 amide bonds. The van der Waals surface area contributed by atoms with E-state index in [1.165, 1.54) is 10.5 Å². The first-order valence-corrected chi connectivity index (χ1v) is 12.3. The minimum Gasteiger partial charge on any atom is -0.370 e. The van der Waals surface area contributed by atoms with Crippen LogP contribution in [-0.2, 0) is 32.8 Å². The molecule has 4 heterocycles. The first-order chi connectivity index (χ1) is 15.7. The molecule has 2 fully saturated rings. The lowest BCUT2D eigenvalue weighted by Gasteiger charge is -2.38. The third-order valence-electron chi connectivity index (χ3n) is 6.54. The van der Waals surface area contributed by atoms with Crippen molar-refractivity contribution in [3.05, 3.63) is 52.9 Å². The van der Waals surface area contributed by atoms with Gasteiger partial charge in [0.25, 0.3) is 0 Å².